The molecule has 3 aromatic carbocycles. The van der Waals surface area contributed by atoms with E-state index in [0.717, 1.165) is 17.5 Å². The third-order valence-corrected chi connectivity index (χ3v) is 4.43. The summed E-state index contributed by atoms with van der Waals surface area (Å²) >= 11 is 0. The molecule has 0 unspecified atom stereocenters. The van der Waals surface area contributed by atoms with Crippen LogP contribution in [-0.4, -0.2) is 48.2 Å². The molecule has 0 radical (unpaired) electrons. The van der Waals surface area contributed by atoms with E-state index in [-0.39, 0.29) is 41.1 Å². The molecule has 114 valence electrons. The molecule has 0 aliphatic heterocycles. The normalized spacial score (nSPS) is 11.0. The van der Waals surface area contributed by atoms with Gasteiger partial charge in [0.15, 0.2) is 10.6 Å². The van der Waals surface area contributed by atoms with Crippen LogP contribution in [0.25, 0.3) is 10.8 Å². The third kappa shape index (κ3) is 3.61. The van der Waals surface area contributed by atoms with Crippen LogP contribution < -0.4 is 4.18 Å². The molecule has 3 rings (SSSR count). The van der Waals surface area contributed by atoms with Crippen molar-refractivity contribution in [1.82, 2.24) is 0 Å². The van der Waals surface area contributed by atoms with E-state index in [1.165, 1.54) is 12.1 Å². The molecular weight excluding hydrogens is 327 g/mol. The topological polar surface area (TPSA) is 83.8 Å². The zero-order chi connectivity index (χ0) is 15.7. The van der Waals surface area contributed by atoms with E-state index in [0.29, 0.717) is 5.39 Å². The van der Waals surface area contributed by atoms with Gasteiger partial charge in [-0.25, -0.2) is 0 Å². The summed E-state index contributed by atoms with van der Waals surface area (Å²) in [5.41, 5.74) is 0. The number of phenolic OH excluding ortho intramolecular Hbond substituents is 2. The molecule has 0 spiro atoms. The minimum absolute atomic E-state index is 0. The van der Waals surface area contributed by atoms with Crippen LogP contribution in [0.5, 0.6) is 17.2 Å². The van der Waals surface area contributed by atoms with Gasteiger partial charge in [-0.15, -0.1) is 0 Å². The van der Waals surface area contributed by atoms with Crippen molar-refractivity contribution in [2.24, 2.45) is 0 Å². The molecule has 0 aromatic heterocycles. The Morgan fingerprint density at radius 2 is 1.57 bits per heavy atom. The zero-order valence-electron chi connectivity index (χ0n) is 11.3. The summed E-state index contributed by atoms with van der Waals surface area (Å²) in [5, 5.41) is 20.6. The van der Waals surface area contributed by atoms with Gasteiger partial charge < -0.3 is 14.4 Å². The van der Waals surface area contributed by atoms with Gasteiger partial charge in [-0.05, 0) is 23.6 Å². The first-order valence-corrected chi connectivity index (χ1v) is 7.82. The van der Waals surface area contributed by atoms with E-state index in [4.69, 9.17) is 4.18 Å². The molecule has 2 N–H and O–H groups in total. The molecule has 0 saturated carbocycles. The standard InChI is InChI=1S/C16H12O5S.Na.H/c17-12-8-9-14(18)16(10-12)22(19,20)21-15-7-3-5-11-4-1-2-6-13(11)15;;/h1-10,17-18H;;. The van der Waals surface area contributed by atoms with Crippen molar-refractivity contribution in [3.63, 3.8) is 0 Å². The molecule has 5 nitrogen and oxygen atoms in total. The van der Waals surface area contributed by atoms with Crippen LogP contribution in [-0.2, 0) is 10.1 Å². The van der Waals surface area contributed by atoms with E-state index in [1.54, 1.807) is 18.2 Å². The van der Waals surface area contributed by atoms with E-state index in [2.05, 4.69) is 0 Å². The van der Waals surface area contributed by atoms with Crippen molar-refractivity contribution in [2.45, 2.75) is 4.90 Å². The number of aromatic hydroxyl groups is 2. The number of hydrogen-bond acceptors (Lipinski definition) is 5. The Labute approximate surface area is 155 Å². The Kier molecular flexibility index (Phi) is 5.21. The molecule has 0 atom stereocenters. The Hall–Kier alpha value is -1.73. The molecule has 0 fully saturated rings. The molecule has 0 heterocycles. The molecule has 0 amide bonds. The summed E-state index contributed by atoms with van der Waals surface area (Å²) < 4.78 is 29.8. The van der Waals surface area contributed by atoms with Crippen molar-refractivity contribution in [1.29, 1.82) is 0 Å². The van der Waals surface area contributed by atoms with Gasteiger partial charge in [-0.1, -0.05) is 36.4 Å². The zero-order valence-corrected chi connectivity index (χ0v) is 12.1. The fourth-order valence-corrected chi connectivity index (χ4v) is 3.20. The fourth-order valence-electron chi connectivity index (χ4n) is 2.13. The Balaban J connectivity index is 0.00000192. The Bertz CT molecular complexity index is 948. The second-order valence-electron chi connectivity index (χ2n) is 4.67. The first-order valence-electron chi connectivity index (χ1n) is 6.41. The van der Waals surface area contributed by atoms with Crippen LogP contribution in [0.4, 0.5) is 0 Å². The summed E-state index contributed by atoms with van der Waals surface area (Å²) in [6.45, 7) is 0. The van der Waals surface area contributed by atoms with Gasteiger partial charge in [-0.3, -0.25) is 0 Å². The van der Waals surface area contributed by atoms with Crippen LogP contribution in [0.2, 0.25) is 0 Å². The molecule has 23 heavy (non-hydrogen) atoms. The molecule has 0 aliphatic rings. The van der Waals surface area contributed by atoms with Crippen LogP contribution in [0.1, 0.15) is 0 Å². The number of hydrogen-bond donors (Lipinski definition) is 2. The van der Waals surface area contributed by atoms with Crippen molar-refractivity contribution in [3.8, 4) is 17.2 Å². The van der Waals surface area contributed by atoms with Gasteiger partial charge in [0.05, 0.1) is 0 Å². The predicted molar refractivity (Wildman–Crippen MR) is 88.7 cm³/mol. The molecule has 0 bridgehead atoms. The monoisotopic (exact) mass is 340 g/mol. The number of phenols is 2. The first-order chi connectivity index (χ1) is 10.5. The predicted octanol–water partition coefficient (Wildman–Crippen LogP) is 2.37. The van der Waals surface area contributed by atoms with Gasteiger partial charge in [0.1, 0.15) is 11.5 Å². The van der Waals surface area contributed by atoms with Gasteiger partial charge in [0, 0.05) is 11.5 Å². The first kappa shape index (κ1) is 17.6. The average molecular weight is 340 g/mol. The minimum atomic E-state index is -4.27. The summed E-state index contributed by atoms with van der Waals surface area (Å²) in [6, 6.07) is 15.4. The molecular formula is C16H13NaO5S. The Morgan fingerprint density at radius 3 is 2.35 bits per heavy atom. The third-order valence-electron chi connectivity index (χ3n) is 3.16. The second-order valence-corrected chi connectivity index (χ2v) is 6.18. The second kappa shape index (κ2) is 6.80. The van der Waals surface area contributed by atoms with Crippen molar-refractivity contribution in [3.05, 3.63) is 60.7 Å². The molecule has 3 aromatic rings. The van der Waals surface area contributed by atoms with Crippen LogP contribution in [0, 0.1) is 0 Å². The van der Waals surface area contributed by atoms with E-state index in [9.17, 15) is 18.6 Å². The molecule has 0 aliphatic carbocycles. The maximum atomic E-state index is 12.3. The summed E-state index contributed by atoms with van der Waals surface area (Å²) in [6.07, 6.45) is 0. The van der Waals surface area contributed by atoms with Gasteiger partial charge in [0.25, 0.3) is 0 Å². The van der Waals surface area contributed by atoms with Crippen molar-refractivity contribution in [2.75, 3.05) is 0 Å². The number of rotatable bonds is 3. The quantitative estimate of drug-likeness (QED) is 0.434. The summed E-state index contributed by atoms with van der Waals surface area (Å²) in [7, 11) is -4.27. The van der Waals surface area contributed by atoms with Crippen LogP contribution in [0.3, 0.4) is 0 Å². The SMILES string of the molecule is O=S(=O)(Oc1cccc2ccccc12)c1cc(O)ccc1O.[NaH]. The number of fused-ring (bicyclic) bond motifs is 1. The Morgan fingerprint density at radius 1 is 0.870 bits per heavy atom. The van der Waals surface area contributed by atoms with Crippen molar-refractivity contribution < 1.29 is 22.8 Å². The molecule has 0 saturated heterocycles. The average Bonchev–Trinajstić information content (AvgIpc) is 2.50. The summed E-state index contributed by atoms with van der Waals surface area (Å²) in [4.78, 5) is -0.486. The van der Waals surface area contributed by atoms with Gasteiger partial charge in [0.2, 0.25) is 0 Å². The summed E-state index contributed by atoms with van der Waals surface area (Å²) in [5.74, 6) is -0.614. The fraction of sp³-hybridized carbons (Fsp3) is 0. The van der Waals surface area contributed by atoms with E-state index < -0.39 is 20.8 Å². The van der Waals surface area contributed by atoms with Crippen molar-refractivity contribution >= 4 is 50.4 Å². The van der Waals surface area contributed by atoms with Crippen LogP contribution >= 0.6 is 0 Å². The van der Waals surface area contributed by atoms with E-state index in [1.807, 2.05) is 18.2 Å². The maximum absolute atomic E-state index is 12.3. The van der Waals surface area contributed by atoms with Crippen LogP contribution in [0.15, 0.2) is 65.6 Å². The molecule has 7 heteroatoms. The van der Waals surface area contributed by atoms with Gasteiger partial charge in [-0.2, -0.15) is 8.42 Å². The number of benzene rings is 3. The van der Waals surface area contributed by atoms with E-state index >= 15 is 0 Å². The van der Waals surface area contributed by atoms with Gasteiger partial charge >= 0.3 is 39.7 Å².